The lowest BCUT2D eigenvalue weighted by Gasteiger charge is -2.41. The second-order valence-electron chi connectivity index (χ2n) is 6.56. The molecule has 14 heteroatoms. The van der Waals surface area contributed by atoms with Crippen molar-refractivity contribution in [2.45, 2.75) is 34.7 Å². The van der Waals surface area contributed by atoms with Gasteiger partial charge >= 0.3 is 0 Å². The molecule has 0 radical (unpaired) electrons. The molecule has 2 unspecified atom stereocenters. The van der Waals surface area contributed by atoms with Crippen molar-refractivity contribution in [1.82, 2.24) is 20.0 Å². The van der Waals surface area contributed by atoms with E-state index in [1.165, 1.54) is 6.20 Å². The van der Waals surface area contributed by atoms with E-state index in [0.29, 0.717) is 26.3 Å². The minimum absolute atomic E-state index is 0.0438. The molecule has 0 bridgehead atoms. The second-order valence-corrected chi connectivity index (χ2v) is 9.49. The predicted octanol–water partition coefficient (Wildman–Crippen LogP) is 2.76. The molecular formula is C17H14Cl2F2N4O4S2. The summed E-state index contributed by atoms with van der Waals surface area (Å²) in [6, 6.07) is 3.80. The van der Waals surface area contributed by atoms with Gasteiger partial charge in [0.15, 0.2) is 5.01 Å². The van der Waals surface area contributed by atoms with Crippen molar-refractivity contribution in [2.24, 2.45) is 0 Å². The van der Waals surface area contributed by atoms with Gasteiger partial charge in [-0.15, -0.1) is 5.10 Å². The molecule has 5 atom stereocenters. The third-order valence-corrected chi connectivity index (χ3v) is 7.30. The summed E-state index contributed by atoms with van der Waals surface area (Å²) < 4.78 is 33.4. The lowest BCUT2D eigenvalue weighted by atomic mass is 9.97. The normalized spacial score (nSPS) is 26.4. The highest BCUT2D eigenvalue weighted by atomic mass is 35.5. The molecule has 166 valence electrons. The monoisotopic (exact) mass is 510 g/mol. The summed E-state index contributed by atoms with van der Waals surface area (Å²) in [5.74, 6) is -1.25. The van der Waals surface area contributed by atoms with Crippen LogP contribution >= 0.6 is 46.3 Å². The Morgan fingerprint density at radius 2 is 1.97 bits per heavy atom. The Bertz CT molecular complexity index is 1070. The first-order valence-electron chi connectivity index (χ1n) is 8.76. The number of halogens is 4. The smallest absolute Gasteiger partial charge is 0.260 e. The van der Waals surface area contributed by atoms with E-state index in [9.17, 15) is 24.1 Å². The van der Waals surface area contributed by atoms with Crippen LogP contribution in [0.4, 0.5) is 8.78 Å². The topological polar surface area (TPSA) is 114 Å². The molecule has 1 aromatic carbocycles. The van der Waals surface area contributed by atoms with Crippen molar-refractivity contribution in [3.63, 3.8) is 0 Å². The molecule has 31 heavy (non-hydrogen) atoms. The van der Waals surface area contributed by atoms with E-state index >= 15 is 0 Å². The average Bonchev–Trinajstić information content (AvgIpc) is 3.34. The molecule has 0 saturated carbocycles. The zero-order chi connectivity index (χ0) is 22.3. The van der Waals surface area contributed by atoms with Gasteiger partial charge < -0.3 is 20.1 Å². The molecule has 4 rings (SSSR count). The quantitative estimate of drug-likeness (QED) is 0.480. The van der Waals surface area contributed by atoms with Gasteiger partial charge in [0, 0.05) is 4.90 Å². The number of thiazole rings is 1. The van der Waals surface area contributed by atoms with E-state index in [1.807, 2.05) is 0 Å². The molecule has 3 heterocycles. The summed E-state index contributed by atoms with van der Waals surface area (Å²) in [4.78, 5) is 4.08. The maximum absolute atomic E-state index is 13.3. The SMILES string of the molecule is OCC1O[C@H](Sc2ccc(Cl)c(Cl)c2)C(O)[C@@H](n2cc(-c3nc(F)c(F)s3)nn2)[C@H]1O. The van der Waals surface area contributed by atoms with E-state index < -0.39 is 47.5 Å². The first-order valence-corrected chi connectivity index (χ1v) is 11.2. The Morgan fingerprint density at radius 3 is 2.61 bits per heavy atom. The molecule has 0 amide bonds. The lowest BCUT2D eigenvalue weighted by molar-refractivity contribution is -0.178. The van der Waals surface area contributed by atoms with Crippen LogP contribution < -0.4 is 0 Å². The third kappa shape index (κ3) is 4.57. The van der Waals surface area contributed by atoms with Crippen LogP contribution in [0.1, 0.15) is 6.04 Å². The van der Waals surface area contributed by atoms with Gasteiger partial charge in [-0.05, 0) is 18.2 Å². The van der Waals surface area contributed by atoms with Gasteiger partial charge in [-0.3, -0.25) is 0 Å². The van der Waals surface area contributed by atoms with Gasteiger partial charge in [0.25, 0.3) is 5.95 Å². The first-order chi connectivity index (χ1) is 14.8. The molecule has 1 saturated heterocycles. The Morgan fingerprint density at radius 1 is 1.19 bits per heavy atom. The maximum atomic E-state index is 13.3. The molecule has 0 spiro atoms. The predicted molar refractivity (Wildman–Crippen MR) is 110 cm³/mol. The summed E-state index contributed by atoms with van der Waals surface area (Å²) in [5, 5.41) is 38.4. The fourth-order valence-corrected chi connectivity index (χ4v) is 5.16. The van der Waals surface area contributed by atoms with Crippen LogP contribution in [0, 0.1) is 11.1 Å². The van der Waals surface area contributed by atoms with E-state index in [1.54, 1.807) is 18.2 Å². The van der Waals surface area contributed by atoms with Crippen molar-refractivity contribution in [1.29, 1.82) is 0 Å². The number of benzene rings is 1. The number of aliphatic hydroxyl groups is 3. The van der Waals surface area contributed by atoms with Crippen LogP contribution in [0.15, 0.2) is 29.3 Å². The lowest BCUT2D eigenvalue weighted by Crippen LogP contribution is -2.55. The van der Waals surface area contributed by atoms with Crippen molar-refractivity contribution >= 4 is 46.3 Å². The van der Waals surface area contributed by atoms with Crippen LogP contribution in [-0.2, 0) is 4.74 Å². The molecule has 2 aromatic heterocycles. The van der Waals surface area contributed by atoms with Gasteiger partial charge in [0.2, 0.25) is 5.13 Å². The minimum atomic E-state index is -1.34. The fourth-order valence-electron chi connectivity index (χ4n) is 3.07. The highest BCUT2D eigenvalue weighted by Crippen LogP contribution is 2.39. The van der Waals surface area contributed by atoms with Gasteiger partial charge in [0.1, 0.15) is 35.5 Å². The zero-order valence-electron chi connectivity index (χ0n) is 15.3. The fraction of sp³-hybridized carbons (Fsp3) is 0.353. The Hall–Kier alpha value is -1.38. The van der Waals surface area contributed by atoms with E-state index in [2.05, 4.69) is 15.3 Å². The highest BCUT2D eigenvalue weighted by molar-refractivity contribution is 7.99. The second kappa shape index (κ2) is 9.24. The van der Waals surface area contributed by atoms with Gasteiger partial charge in [-0.1, -0.05) is 51.5 Å². The number of aromatic nitrogens is 4. The highest BCUT2D eigenvalue weighted by Gasteiger charge is 2.46. The molecule has 8 nitrogen and oxygen atoms in total. The van der Waals surface area contributed by atoms with Crippen molar-refractivity contribution < 1.29 is 28.8 Å². The summed E-state index contributed by atoms with van der Waals surface area (Å²) in [6.45, 7) is -0.521. The van der Waals surface area contributed by atoms with E-state index in [4.69, 9.17) is 27.9 Å². The minimum Gasteiger partial charge on any atom is -0.394 e. The number of hydrogen-bond donors (Lipinski definition) is 3. The zero-order valence-corrected chi connectivity index (χ0v) is 18.4. The number of ether oxygens (including phenoxy) is 1. The van der Waals surface area contributed by atoms with Crippen molar-refractivity contribution in [2.75, 3.05) is 6.61 Å². The molecule has 1 aliphatic heterocycles. The average molecular weight is 511 g/mol. The standard InChI is InChI=1S/C17H14Cl2F2N4O4S2/c18-7-2-1-6(3-8(7)19)30-17-13(28)11(12(27)10(5-26)29-17)25-4-9(23-24-25)16-22-14(20)15(21)31-16/h1-4,10-13,17,26-28H,5H2/t10?,11-,12-,13?,17+/m0/s1. The van der Waals surface area contributed by atoms with Crippen LogP contribution in [0.3, 0.4) is 0 Å². The Kier molecular flexibility index (Phi) is 6.79. The third-order valence-electron chi connectivity index (χ3n) is 4.57. The van der Waals surface area contributed by atoms with Crippen LogP contribution in [0.2, 0.25) is 10.0 Å². The van der Waals surface area contributed by atoms with E-state index in [0.717, 1.165) is 16.4 Å². The number of rotatable bonds is 5. The summed E-state index contributed by atoms with van der Waals surface area (Å²) in [6.07, 6.45) is -2.37. The van der Waals surface area contributed by atoms with Crippen molar-refractivity contribution in [3.8, 4) is 10.7 Å². The maximum Gasteiger partial charge on any atom is 0.260 e. The number of thioether (sulfide) groups is 1. The molecule has 3 N–H and O–H groups in total. The Balaban J connectivity index is 1.61. The summed E-state index contributed by atoms with van der Waals surface area (Å²) >= 11 is 13.5. The van der Waals surface area contributed by atoms with Crippen LogP contribution in [-0.4, -0.2) is 65.7 Å². The first kappa shape index (κ1) is 22.8. The van der Waals surface area contributed by atoms with Gasteiger partial charge in [0.05, 0.1) is 22.8 Å². The molecule has 0 aliphatic carbocycles. The number of hydrogen-bond acceptors (Lipinski definition) is 9. The van der Waals surface area contributed by atoms with Crippen LogP contribution in [0.25, 0.3) is 10.7 Å². The number of aliphatic hydroxyl groups excluding tert-OH is 3. The van der Waals surface area contributed by atoms with Crippen molar-refractivity contribution in [3.05, 3.63) is 45.5 Å². The molecule has 1 fully saturated rings. The molecular weight excluding hydrogens is 497 g/mol. The molecule has 1 aliphatic rings. The summed E-state index contributed by atoms with van der Waals surface area (Å²) in [5.41, 5.74) is -0.849. The largest absolute Gasteiger partial charge is 0.394 e. The number of nitrogens with zero attached hydrogens (tertiary/aromatic N) is 4. The summed E-state index contributed by atoms with van der Waals surface area (Å²) in [7, 11) is 0. The van der Waals surface area contributed by atoms with Gasteiger partial charge in [-0.2, -0.15) is 8.78 Å². The van der Waals surface area contributed by atoms with E-state index in [-0.39, 0.29) is 10.7 Å². The Labute approximate surface area is 192 Å². The van der Waals surface area contributed by atoms with Crippen LogP contribution in [0.5, 0.6) is 0 Å². The van der Waals surface area contributed by atoms with Gasteiger partial charge in [-0.25, -0.2) is 9.67 Å². The molecule has 3 aromatic rings.